The average molecular weight is 322 g/mol. The number of aromatic nitrogens is 1. The van der Waals surface area contributed by atoms with E-state index in [-0.39, 0.29) is 0 Å². The van der Waals surface area contributed by atoms with E-state index in [0.717, 1.165) is 30.7 Å². The van der Waals surface area contributed by atoms with E-state index in [1.807, 2.05) is 0 Å². The largest absolute Gasteiger partial charge is 0.349 e. The highest BCUT2D eigenvalue weighted by atomic mass is 79.9. The van der Waals surface area contributed by atoms with Crippen LogP contribution in [0.5, 0.6) is 0 Å². The fourth-order valence-electron chi connectivity index (χ4n) is 2.85. The Kier molecular flexibility index (Phi) is 3.65. The molecule has 1 fully saturated rings. The Morgan fingerprint density at radius 1 is 1.42 bits per heavy atom. The van der Waals surface area contributed by atoms with Crippen molar-refractivity contribution in [1.29, 1.82) is 0 Å². The summed E-state index contributed by atoms with van der Waals surface area (Å²) in [5, 5.41) is 4.84. The lowest BCUT2D eigenvalue weighted by atomic mass is 10.0. The van der Waals surface area contributed by atoms with Crippen molar-refractivity contribution in [3.63, 3.8) is 0 Å². The fourth-order valence-corrected chi connectivity index (χ4v) is 3.44. The first-order valence-electron chi connectivity index (χ1n) is 6.83. The van der Waals surface area contributed by atoms with Crippen LogP contribution in [-0.2, 0) is 6.42 Å². The van der Waals surface area contributed by atoms with Crippen LogP contribution in [0.25, 0.3) is 10.9 Å². The molecule has 2 N–H and O–H groups in total. The molecule has 0 saturated carbocycles. The Balaban J connectivity index is 1.95. The van der Waals surface area contributed by atoms with E-state index in [4.69, 9.17) is 0 Å². The Bertz CT molecular complexity index is 590. The van der Waals surface area contributed by atoms with Crippen LogP contribution in [0.15, 0.2) is 22.8 Å². The third kappa shape index (κ3) is 2.57. The van der Waals surface area contributed by atoms with Gasteiger partial charge in [0, 0.05) is 36.6 Å². The number of benzene rings is 1. The van der Waals surface area contributed by atoms with Crippen molar-refractivity contribution < 1.29 is 0 Å². The van der Waals surface area contributed by atoms with Gasteiger partial charge in [0.25, 0.3) is 0 Å². The fraction of sp³-hybridized carbons (Fsp3) is 0.467. The molecule has 1 aliphatic rings. The molecule has 2 aromatic rings. The lowest BCUT2D eigenvalue weighted by Crippen LogP contribution is -2.50. The number of piperazine rings is 1. The maximum atomic E-state index is 3.69. The number of likely N-dealkylation sites (N-methyl/N-ethyl adjacent to an activating group) is 1. The molecule has 0 bridgehead atoms. The van der Waals surface area contributed by atoms with Crippen molar-refractivity contribution in [3.8, 4) is 0 Å². The predicted molar refractivity (Wildman–Crippen MR) is 83.7 cm³/mol. The molecule has 3 nitrogen and oxygen atoms in total. The maximum Gasteiger partial charge on any atom is 0.0864 e. The number of hydrogen-bond acceptors (Lipinski definition) is 2. The molecule has 1 atom stereocenters. The normalized spacial score (nSPS) is 21.1. The summed E-state index contributed by atoms with van der Waals surface area (Å²) >= 11 is 3.69. The van der Waals surface area contributed by atoms with E-state index in [9.17, 15) is 0 Å². The van der Waals surface area contributed by atoms with Gasteiger partial charge >= 0.3 is 0 Å². The SMILES string of the molecule is Cc1ccc2[nH]c(Br)c(CC3CNCCN3C)c2c1. The van der Waals surface area contributed by atoms with Gasteiger partial charge < -0.3 is 15.2 Å². The minimum Gasteiger partial charge on any atom is -0.349 e. The highest BCUT2D eigenvalue weighted by Gasteiger charge is 2.21. The Labute approximate surface area is 122 Å². The van der Waals surface area contributed by atoms with E-state index in [0.29, 0.717) is 6.04 Å². The number of hydrogen-bond donors (Lipinski definition) is 2. The van der Waals surface area contributed by atoms with Gasteiger partial charge in [-0.15, -0.1) is 0 Å². The highest BCUT2D eigenvalue weighted by Crippen LogP contribution is 2.29. The molecule has 0 spiro atoms. The number of aryl methyl sites for hydroxylation is 1. The highest BCUT2D eigenvalue weighted by molar-refractivity contribution is 9.10. The quantitative estimate of drug-likeness (QED) is 0.891. The molecule has 1 aromatic carbocycles. The molecule has 0 aliphatic carbocycles. The van der Waals surface area contributed by atoms with Gasteiger partial charge in [-0.2, -0.15) is 0 Å². The zero-order chi connectivity index (χ0) is 13.4. The molecule has 1 aromatic heterocycles. The second-order valence-electron chi connectivity index (χ2n) is 5.51. The first-order valence-corrected chi connectivity index (χ1v) is 7.62. The van der Waals surface area contributed by atoms with Crippen LogP contribution >= 0.6 is 15.9 Å². The third-order valence-electron chi connectivity index (χ3n) is 4.09. The molecular formula is C15H20BrN3. The van der Waals surface area contributed by atoms with E-state index in [2.05, 4.69) is 63.3 Å². The van der Waals surface area contributed by atoms with Gasteiger partial charge in [-0.1, -0.05) is 11.6 Å². The summed E-state index contributed by atoms with van der Waals surface area (Å²) in [5.74, 6) is 0. The molecule has 1 saturated heterocycles. The summed E-state index contributed by atoms with van der Waals surface area (Å²) in [7, 11) is 2.22. The smallest absolute Gasteiger partial charge is 0.0864 e. The van der Waals surface area contributed by atoms with E-state index in [1.54, 1.807) is 0 Å². The summed E-state index contributed by atoms with van der Waals surface area (Å²) in [6.45, 7) is 5.45. The van der Waals surface area contributed by atoms with Crippen molar-refractivity contribution in [2.75, 3.05) is 26.7 Å². The average Bonchev–Trinajstić information content (AvgIpc) is 2.69. The third-order valence-corrected chi connectivity index (χ3v) is 4.77. The predicted octanol–water partition coefficient (Wildman–Crippen LogP) is 2.68. The molecule has 102 valence electrons. The van der Waals surface area contributed by atoms with Crippen molar-refractivity contribution >= 4 is 26.8 Å². The van der Waals surface area contributed by atoms with Gasteiger partial charge in [0.05, 0.1) is 4.60 Å². The van der Waals surface area contributed by atoms with Crippen LogP contribution in [-0.4, -0.2) is 42.6 Å². The lowest BCUT2D eigenvalue weighted by Gasteiger charge is -2.33. The van der Waals surface area contributed by atoms with Crippen LogP contribution in [0.2, 0.25) is 0 Å². The van der Waals surface area contributed by atoms with Gasteiger partial charge in [-0.05, 0) is 54.0 Å². The maximum absolute atomic E-state index is 3.69. The van der Waals surface area contributed by atoms with Crippen LogP contribution < -0.4 is 5.32 Å². The Morgan fingerprint density at radius 3 is 3.05 bits per heavy atom. The van der Waals surface area contributed by atoms with Gasteiger partial charge in [0.1, 0.15) is 0 Å². The second-order valence-corrected chi connectivity index (χ2v) is 6.30. The standard InChI is InChI=1S/C15H20BrN3/c1-10-3-4-14-12(7-10)13(15(16)18-14)8-11-9-17-5-6-19(11)2/h3-4,7,11,17-18H,5-6,8-9H2,1-2H3. The number of aromatic amines is 1. The zero-order valence-corrected chi connectivity index (χ0v) is 13.0. The van der Waals surface area contributed by atoms with Crippen LogP contribution in [0.1, 0.15) is 11.1 Å². The molecule has 1 aliphatic heterocycles. The van der Waals surface area contributed by atoms with Crippen molar-refractivity contribution in [1.82, 2.24) is 15.2 Å². The van der Waals surface area contributed by atoms with Gasteiger partial charge in [0.15, 0.2) is 0 Å². The number of nitrogens with one attached hydrogen (secondary N) is 2. The molecule has 0 amide bonds. The number of halogens is 1. The summed E-state index contributed by atoms with van der Waals surface area (Å²) in [5.41, 5.74) is 3.94. The molecule has 1 unspecified atom stereocenters. The van der Waals surface area contributed by atoms with E-state index >= 15 is 0 Å². The van der Waals surface area contributed by atoms with Crippen molar-refractivity contribution in [3.05, 3.63) is 33.9 Å². The summed E-state index contributed by atoms with van der Waals surface area (Å²) in [6.07, 6.45) is 1.08. The molecule has 3 rings (SSSR count). The van der Waals surface area contributed by atoms with Gasteiger partial charge in [-0.25, -0.2) is 0 Å². The second kappa shape index (κ2) is 5.27. The van der Waals surface area contributed by atoms with E-state index < -0.39 is 0 Å². The molecule has 4 heteroatoms. The van der Waals surface area contributed by atoms with Gasteiger partial charge in [0.2, 0.25) is 0 Å². The number of rotatable bonds is 2. The minimum atomic E-state index is 0.574. The van der Waals surface area contributed by atoms with Crippen LogP contribution in [0.3, 0.4) is 0 Å². The topological polar surface area (TPSA) is 31.1 Å². The monoisotopic (exact) mass is 321 g/mol. The summed E-state index contributed by atoms with van der Waals surface area (Å²) in [6, 6.07) is 7.18. The molecule has 2 heterocycles. The summed E-state index contributed by atoms with van der Waals surface area (Å²) < 4.78 is 1.13. The number of fused-ring (bicyclic) bond motifs is 1. The van der Waals surface area contributed by atoms with Crippen LogP contribution in [0, 0.1) is 6.92 Å². The zero-order valence-electron chi connectivity index (χ0n) is 11.5. The Hall–Kier alpha value is -0.840. The van der Waals surface area contributed by atoms with Crippen molar-refractivity contribution in [2.45, 2.75) is 19.4 Å². The van der Waals surface area contributed by atoms with Crippen LogP contribution in [0.4, 0.5) is 0 Å². The first-order chi connectivity index (χ1) is 9.15. The van der Waals surface area contributed by atoms with E-state index in [1.165, 1.54) is 22.0 Å². The molecule has 0 radical (unpaired) electrons. The number of H-pyrrole nitrogens is 1. The molecule has 19 heavy (non-hydrogen) atoms. The number of nitrogens with zero attached hydrogens (tertiary/aromatic N) is 1. The van der Waals surface area contributed by atoms with Gasteiger partial charge in [-0.3, -0.25) is 0 Å². The lowest BCUT2D eigenvalue weighted by molar-refractivity contribution is 0.199. The van der Waals surface area contributed by atoms with Crippen molar-refractivity contribution in [2.24, 2.45) is 0 Å². The first kappa shape index (κ1) is 13.2. The summed E-state index contributed by atoms with van der Waals surface area (Å²) in [4.78, 5) is 5.89. The minimum absolute atomic E-state index is 0.574. The molecular weight excluding hydrogens is 302 g/mol. The Morgan fingerprint density at radius 2 is 2.26 bits per heavy atom.